The topological polar surface area (TPSA) is 155 Å². The SMILES string of the molecule is CN(C)CCOc1cncc(-c2ccc3[nH]nc(-c4nc5c(-c6cc(F)cc(CNS(C)(=O)=O)c6)ccnc5[nH]4)c3n2)c1. The number of benzene rings is 1. The van der Waals surface area contributed by atoms with Gasteiger partial charge in [0.25, 0.3) is 0 Å². The van der Waals surface area contributed by atoms with Gasteiger partial charge in [0.1, 0.15) is 29.2 Å². The van der Waals surface area contributed by atoms with Crippen molar-refractivity contribution in [2.45, 2.75) is 6.54 Å². The van der Waals surface area contributed by atoms with E-state index in [-0.39, 0.29) is 6.54 Å². The highest BCUT2D eigenvalue weighted by molar-refractivity contribution is 7.88. The quantitative estimate of drug-likeness (QED) is 0.213. The van der Waals surface area contributed by atoms with Crippen LogP contribution in [0, 0.1) is 5.82 Å². The van der Waals surface area contributed by atoms with Crippen molar-refractivity contribution in [3.05, 3.63) is 72.4 Å². The van der Waals surface area contributed by atoms with Gasteiger partial charge < -0.3 is 14.6 Å². The molecule has 1 aromatic carbocycles. The summed E-state index contributed by atoms with van der Waals surface area (Å²) in [5, 5.41) is 7.47. The first-order valence-corrected chi connectivity index (χ1v) is 15.2. The summed E-state index contributed by atoms with van der Waals surface area (Å²) in [6, 6.07) is 11.8. The van der Waals surface area contributed by atoms with Crippen LogP contribution in [-0.2, 0) is 16.6 Å². The molecular formula is C29H28FN9O3S. The van der Waals surface area contributed by atoms with Gasteiger partial charge in [0.15, 0.2) is 17.2 Å². The number of fused-ring (bicyclic) bond motifs is 2. The Kier molecular flexibility index (Phi) is 7.56. The molecule has 0 bridgehead atoms. The van der Waals surface area contributed by atoms with Gasteiger partial charge >= 0.3 is 0 Å². The number of imidazole rings is 1. The summed E-state index contributed by atoms with van der Waals surface area (Å²) in [4.78, 5) is 23.6. The van der Waals surface area contributed by atoms with Crippen molar-refractivity contribution >= 4 is 32.2 Å². The standard InChI is InChI=1S/C29H28FN9O3S/c1-39(2)8-9-42-21-13-19(15-31-16-21)23-4-5-24-26(34-23)27(38-37-24)29-35-25-22(6-7-32-28(25)36-29)18-10-17(11-20(30)12-18)14-33-43(3,40)41/h4-7,10-13,15-16,33H,8-9,14H2,1-3H3,(H,37,38)(H,32,35,36). The van der Waals surface area contributed by atoms with E-state index in [0.29, 0.717) is 68.5 Å². The van der Waals surface area contributed by atoms with Gasteiger partial charge in [0, 0.05) is 36.6 Å². The Morgan fingerprint density at radius 1 is 1.02 bits per heavy atom. The van der Waals surface area contributed by atoms with Gasteiger partial charge in [-0.05, 0) is 67.7 Å². The number of aromatic nitrogens is 7. The Balaban J connectivity index is 1.35. The molecule has 6 aromatic rings. The van der Waals surface area contributed by atoms with Crippen LogP contribution in [0.2, 0.25) is 0 Å². The maximum absolute atomic E-state index is 14.6. The third-order valence-corrected chi connectivity index (χ3v) is 7.31. The molecule has 220 valence electrons. The fraction of sp³-hybridized carbons (Fsp3) is 0.207. The molecule has 3 N–H and O–H groups in total. The Labute approximate surface area is 246 Å². The molecule has 14 heteroatoms. The maximum atomic E-state index is 14.6. The van der Waals surface area contributed by atoms with Crippen LogP contribution in [-0.4, -0.2) is 81.9 Å². The third-order valence-electron chi connectivity index (χ3n) is 6.64. The summed E-state index contributed by atoms with van der Waals surface area (Å²) in [6.45, 7) is 1.27. The lowest BCUT2D eigenvalue weighted by molar-refractivity contribution is 0.261. The first kappa shape index (κ1) is 28.3. The molecular weight excluding hydrogens is 573 g/mol. The number of pyridine rings is 3. The number of sulfonamides is 1. The number of nitrogens with zero attached hydrogens (tertiary/aromatic N) is 6. The summed E-state index contributed by atoms with van der Waals surface area (Å²) < 4.78 is 45.9. The predicted octanol–water partition coefficient (Wildman–Crippen LogP) is 3.75. The van der Waals surface area contributed by atoms with Crippen molar-refractivity contribution in [2.75, 3.05) is 33.5 Å². The van der Waals surface area contributed by atoms with Gasteiger partial charge in [0.05, 0.1) is 23.7 Å². The molecule has 6 rings (SSSR count). The zero-order valence-corrected chi connectivity index (χ0v) is 24.4. The Bertz CT molecular complexity index is 2060. The zero-order chi connectivity index (χ0) is 30.1. The molecule has 12 nitrogen and oxygen atoms in total. The molecule has 0 fully saturated rings. The second kappa shape index (κ2) is 11.5. The number of halogens is 1. The normalized spacial score (nSPS) is 12.0. The Morgan fingerprint density at radius 2 is 1.88 bits per heavy atom. The van der Waals surface area contributed by atoms with E-state index < -0.39 is 15.8 Å². The third kappa shape index (κ3) is 6.35. The molecule has 5 aromatic heterocycles. The number of nitrogens with one attached hydrogen (secondary N) is 3. The smallest absolute Gasteiger partial charge is 0.209 e. The highest BCUT2D eigenvalue weighted by atomic mass is 32.2. The molecule has 0 saturated carbocycles. The molecule has 0 spiro atoms. The summed E-state index contributed by atoms with van der Waals surface area (Å²) >= 11 is 0. The minimum Gasteiger partial charge on any atom is -0.491 e. The highest BCUT2D eigenvalue weighted by Gasteiger charge is 2.18. The molecule has 0 aliphatic carbocycles. The lowest BCUT2D eigenvalue weighted by Crippen LogP contribution is -2.21. The minimum absolute atomic E-state index is 0.0441. The number of hydrogen-bond donors (Lipinski definition) is 3. The number of rotatable bonds is 10. The molecule has 0 amide bonds. The summed E-state index contributed by atoms with van der Waals surface area (Å²) in [7, 11) is 0.525. The van der Waals surface area contributed by atoms with Crippen LogP contribution >= 0.6 is 0 Å². The van der Waals surface area contributed by atoms with Crippen LogP contribution in [0.3, 0.4) is 0 Å². The van der Waals surface area contributed by atoms with Crippen LogP contribution < -0.4 is 9.46 Å². The number of ether oxygens (including phenoxy) is 1. The van der Waals surface area contributed by atoms with E-state index in [1.165, 1.54) is 12.1 Å². The van der Waals surface area contributed by atoms with Crippen LogP contribution in [0.4, 0.5) is 4.39 Å². The lowest BCUT2D eigenvalue weighted by atomic mass is 10.0. The fourth-order valence-electron chi connectivity index (χ4n) is 4.59. The van der Waals surface area contributed by atoms with E-state index in [1.807, 2.05) is 37.2 Å². The van der Waals surface area contributed by atoms with E-state index in [1.54, 1.807) is 30.7 Å². The van der Waals surface area contributed by atoms with E-state index in [2.05, 4.69) is 29.9 Å². The van der Waals surface area contributed by atoms with Crippen molar-refractivity contribution in [2.24, 2.45) is 0 Å². The van der Waals surface area contributed by atoms with E-state index in [4.69, 9.17) is 14.7 Å². The first-order chi connectivity index (χ1) is 20.6. The van der Waals surface area contributed by atoms with Gasteiger partial charge in [0.2, 0.25) is 10.0 Å². The highest BCUT2D eigenvalue weighted by Crippen LogP contribution is 2.32. The average Bonchev–Trinajstić information content (AvgIpc) is 3.59. The van der Waals surface area contributed by atoms with E-state index >= 15 is 0 Å². The fourth-order valence-corrected chi connectivity index (χ4v) is 5.02. The zero-order valence-electron chi connectivity index (χ0n) is 23.6. The minimum atomic E-state index is -3.44. The van der Waals surface area contributed by atoms with Crippen LogP contribution in [0.15, 0.2) is 61.1 Å². The van der Waals surface area contributed by atoms with Crippen molar-refractivity contribution in [1.82, 2.24) is 44.7 Å². The molecule has 0 radical (unpaired) electrons. The van der Waals surface area contributed by atoms with Crippen molar-refractivity contribution in [1.29, 1.82) is 0 Å². The van der Waals surface area contributed by atoms with Gasteiger partial charge in [-0.25, -0.2) is 32.5 Å². The van der Waals surface area contributed by atoms with Gasteiger partial charge in [-0.2, -0.15) is 5.10 Å². The Morgan fingerprint density at radius 3 is 2.70 bits per heavy atom. The summed E-state index contributed by atoms with van der Waals surface area (Å²) in [6.07, 6.45) is 6.04. The van der Waals surface area contributed by atoms with Crippen LogP contribution in [0.25, 0.3) is 56.1 Å². The average molecular weight is 602 g/mol. The summed E-state index contributed by atoms with van der Waals surface area (Å²) in [5.41, 5.74) is 5.88. The van der Waals surface area contributed by atoms with Gasteiger partial charge in [-0.15, -0.1) is 0 Å². The van der Waals surface area contributed by atoms with Crippen LogP contribution in [0.5, 0.6) is 5.75 Å². The predicted molar refractivity (Wildman–Crippen MR) is 161 cm³/mol. The largest absolute Gasteiger partial charge is 0.491 e. The van der Waals surface area contributed by atoms with Crippen molar-refractivity contribution in [3.63, 3.8) is 0 Å². The molecule has 0 aliphatic heterocycles. The molecule has 0 saturated heterocycles. The second-order valence-electron chi connectivity index (χ2n) is 10.3. The number of hydrogen-bond acceptors (Lipinski definition) is 9. The Hall–Kier alpha value is -4.79. The molecule has 43 heavy (non-hydrogen) atoms. The molecule has 0 unspecified atom stereocenters. The maximum Gasteiger partial charge on any atom is 0.209 e. The molecule has 0 aliphatic rings. The van der Waals surface area contributed by atoms with E-state index in [0.717, 1.165) is 18.4 Å². The molecule has 5 heterocycles. The summed E-state index contributed by atoms with van der Waals surface area (Å²) in [5.74, 6) is 0.581. The van der Waals surface area contributed by atoms with Crippen molar-refractivity contribution < 1.29 is 17.5 Å². The number of likely N-dealkylation sites (N-methyl/N-ethyl adjacent to an activating group) is 1. The van der Waals surface area contributed by atoms with Crippen molar-refractivity contribution in [3.8, 4) is 39.7 Å². The van der Waals surface area contributed by atoms with Gasteiger partial charge in [-0.1, -0.05) is 0 Å². The van der Waals surface area contributed by atoms with E-state index in [9.17, 15) is 12.8 Å². The first-order valence-electron chi connectivity index (χ1n) is 13.3. The number of H-pyrrole nitrogens is 2. The number of aromatic amines is 2. The molecule has 0 atom stereocenters. The second-order valence-corrected chi connectivity index (χ2v) is 12.1. The van der Waals surface area contributed by atoms with Gasteiger partial charge in [-0.3, -0.25) is 10.1 Å². The van der Waals surface area contributed by atoms with Crippen LogP contribution in [0.1, 0.15) is 5.56 Å². The monoisotopic (exact) mass is 601 g/mol. The lowest BCUT2D eigenvalue weighted by Gasteiger charge is -2.11.